The van der Waals surface area contributed by atoms with Gasteiger partial charge in [-0.15, -0.1) is 0 Å². The van der Waals surface area contributed by atoms with E-state index in [9.17, 15) is 4.79 Å². The van der Waals surface area contributed by atoms with E-state index in [2.05, 4.69) is 4.98 Å². The van der Waals surface area contributed by atoms with E-state index in [-0.39, 0.29) is 11.9 Å². The van der Waals surface area contributed by atoms with Gasteiger partial charge in [0.15, 0.2) is 0 Å². The second-order valence-corrected chi connectivity index (χ2v) is 5.16. The normalized spacial score (nSPS) is 18.8. The topological polar surface area (TPSA) is 33.2 Å². The van der Waals surface area contributed by atoms with E-state index in [1.165, 1.54) is 12.0 Å². The van der Waals surface area contributed by atoms with E-state index >= 15 is 0 Å². The summed E-state index contributed by atoms with van der Waals surface area (Å²) in [7, 11) is 0. The van der Waals surface area contributed by atoms with Crippen molar-refractivity contribution in [3.63, 3.8) is 0 Å². The van der Waals surface area contributed by atoms with Gasteiger partial charge in [0.05, 0.1) is 6.04 Å². The Morgan fingerprint density at radius 3 is 2.55 bits per heavy atom. The van der Waals surface area contributed by atoms with E-state index in [1.807, 2.05) is 47.4 Å². The molecule has 1 aromatic heterocycles. The van der Waals surface area contributed by atoms with Gasteiger partial charge in [-0.05, 0) is 49.1 Å². The van der Waals surface area contributed by atoms with Crippen LogP contribution in [0.5, 0.6) is 0 Å². The Hall–Kier alpha value is -2.16. The number of carbonyl (C=O) groups excluding carboxylic acids is 1. The smallest absolute Gasteiger partial charge is 0.254 e. The maximum atomic E-state index is 12.7. The second-order valence-electron chi connectivity index (χ2n) is 5.16. The Morgan fingerprint density at radius 1 is 1.05 bits per heavy atom. The number of hydrogen-bond donors (Lipinski definition) is 0. The lowest BCUT2D eigenvalue weighted by Gasteiger charge is -2.36. The summed E-state index contributed by atoms with van der Waals surface area (Å²) in [6.07, 6.45) is 6.89. The molecule has 1 fully saturated rings. The summed E-state index contributed by atoms with van der Waals surface area (Å²) >= 11 is 0. The van der Waals surface area contributed by atoms with Crippen molar-refractivity contribution in [2.24, 2.45) is 0 Å². The number of nitrogens with zero attached hydrogens (tertiary/aromatic N) is 2. The van der Waals surface area contributed by atoms with Crippen LogP contribution in [-0.2, 0) is 0 Å². The van der Waals surface area contributed by atoms with Crippen LogP contribution in [0.2, 0.25) is 0 Å². The van der Waals surface area contributed by atoms with Crippen LogP contribution < -0.4 is 0 Å². The minimum Gasteiger partial charge on any atom is -0.332 e. The summed E-state index contributed by atoms with van der Waals surface area (Å²) in [4.78, 5) is 18.8. The molecule has 102 valence electrons. The van der Waals surface area contributed by atoms with E-state index in [0.29, 0.717) is 0 Å². The summed E-state index contributed by atoms with van der Waals surface area (Å²) in [6, 6.07) is 13.8. The van der Waals surface area contributed by atoms with Crippen LogP contribution in [-0.4, -0.2) is 22.3 Å². The largest absolute Gasteiger partial charge is 0.332 e. The average Bonchev–Trinajstić information content (AvgIpc) is 2.56. The van der Waals surface area contributed by atoms with E-state index in [1.54, 1.807) is 12.4 Å². The zero-order chi connectivity index (χ0) is 13.8. The molecule has 2 heterocycles. The SMILES string of the molecule is O=C(c1ccccc1)N1CCCC[C@@H]1c1ccncc1. The Labute approximate surface area is 119 Å². The molecule has 1 aromatic carbocycles. The maximum Gasteiger partial charge on any atom is 0.254 e. The van der Waals surface area contributed by atoms with E-state index in [0.717, 1.165) is 24.9 Å². The molecule has 0 bridgehead atoms. The highest BCUT2D eigenvalue weighted by Crippen LogP contribution is 2.31. The quantitative estimate of drug-likeness (QED) is 0.834. The Morgan fingerprint density at radius 2 is 1.80 bits per heavy atom. The number of hydrogen-bond acceptors (Lipinski definition) is 2. The van der Waals surface area contributed by atoms with Crippen LogP contribution in [0.15, 0.2) is 54.9 Å². The summed E-state index contributed by atoms with van der Waals surface area (Å²) in [5.74, 6) is 0.132. The van der Waals surface area contributed by atoms with Crippen molar-refractivity contribution in [2.45, 2.75) is 25.3 Å². The van der Waals surface area contributed by atoms with Gasteiger partial charge in [0, 0.05) is 24.5 Å². The fourth-order valence-corrected chi connectivity index (χ4v) is 2.85. The molecule has 3 heteroatoms. The molecule has 20 heavy (non-hydrogen) atoms. The number of likely N-dealkylation sites (tertiary alicyclic amines) is 1. The first kappa shape index (κ1) is 12.9. The highest BCUT2D eigenvalue weighted by molar-refractivity contribution is 5.94. The van der Waals surface area contributed by atoms with Crippen molar-refractivity contribution in [3.8, 4) is 0 Å². The molecule has 1 saturated heterocycles. The van der Waals surface area contributed by atoms with Gasteiger partial charge in [-0.2, -0.15) is 0 Å². The van der Waals surface area contributed by atoms with Gasteiger partial charge in [0.1, 0.15) is 0 Å². The van der Waals surface area contributed by atoms with Crippen LogP contribution in [0.3, 0.4) is 0 Å². The number of rotatable bonds is 2. The van der Waals surface area contributed by atoms with Crippen molar-refractivity contribution >= 4 is 5.91 Å². The van der Waals surface area contributed by atoms with Gasteiger partial charge >= 0.3 is 0 Å². The molecule has 1 amide bonds. The lowest BCUT2D eigenvalue weighted by Crippen LogP contribution is -2.38. The monoisotopic (exact) mass is 266 g/mol. The highest BCUT2D eigenvalue weighted by atomic mass is 16.2. The molecule has 0 spiro atoms. The molecule has 3 rings (SSSR count). The van der Waals surface area contributed by atoms with Gasteiger partial charge < -0.3 is 4.90 Å². The summed E-state index contributed by atoms with van der Waals surface area (Å²) in [5.41, 5.74) is 1.96. The zero-order valence-corrected chi connectivity index (χ0v) is 11.4. The predicted molar refractivity (Wildman–Crippen MR) is 78.3 cm³/mol. The third kappa shape index (κ3) is 2.57. The molecule has 0 aliphatic carbocycles. The number of amides is 1. The third-order valence-electron chi connectivity index (χ3n) is 3.88. The maximum absolute atomic E-state index is 12.7. The van der Waals surface area contributed by atoms with Gasteiger partial charge in [0.25, 0.3) is 5.91 Å². The Bertz CT molecular complexity index is 568. The average molecular weight is 266 g/mol. The van der Waals surface area contributed by atoms with E-state index in [4.69, 9.17) is 0 Å². The summed E-state index contributed by atoms with van der Waals surface area (Å²) in [5, 5.41) is 0. The molecule has 1 aliphatic heterocycles. The van der Waals surface area contributed by atoms with Crippen molar-refractivity contribution < 1.29 is 4.79 Å². The van der Waals surface area contributed by atoms with Crippen LogP contribution in [0, 0.1) is 0 Å². The lowest BCUT2D eigenvalue weighted by atomic mass is 9.95. The minimum absolute atomic E-state index is 0.132. The first-order valence-electron chi connectivity index (χ1n) is 7.12. The summed E-state index contributed by atoms with van der Waals surface area (Å²) in [6.45, 7) is 0.834. The molecular formula is C17H18N2O. The van der Waals surface area contributed by atoms with Crippen molar-refractivity contribution in [2.75, 3.05) is 6.54 Å². The zero-order valence-electron chi connectivity index (χ0n) is 11.4. The fraction of sp³-hybridized carbons (Fsp3) is 0.294. The van der Waals surface area contributed by atoms with Gasteiger partial charge in [-0.1, -0.05) is 18.2 Å². The second kappa shape index (κ2) is 5.87. The lowest BCUT2D eigenvalue weighted by molar-refractivity contribution is 0.0611. The fourth-order valence-electron chi connectivity index (χ4n) is 2.85. The van der Waals surface area contributed by atoms with Gasteiger partial charge in [0.2, 0.25) is 0 Å². The summed E-state index contributed by atoms with van der Waals surface area (Å²) < 4.78 is 0. The van der Waals surface area contributed by atoms with Crippen LogP contribution in [0.4, 0.5) is 0 Å². The molecule has 0 saturated carbocycles. The van der Waals surface area contributed by atoms with Crippen molar-refractivity contribution in [1.82, 2.24) is 9.88 Å². The molecule has 0 N–H and O–H groups in total. The van der Waals surface area contributed by atoms with Crippen LogP contribution >= 0.6 is 0 Å². The first-order chi connectivity index (χ1) is 9.86. The first-order valence-corrected chi connectivity index (χ1v) is 7.12. The Balaban J connectivity index is 1.88. The molecule has 0 radical (unpaired) electrons. The van der Waals surface area contributed by atoms with Crippen LogP contribution in [0.25, 0.3) is 0 Å². The predicted octanol–water partition coefficient (Wildman–Crippen LogP) is 3.45. The Kier molecular flexibility index (Phi) is 3.77. The molecule has 1 aliphatic rings. The van der Waals surface area contributed by atoms with Crippen molar-refractivity contribution in [3.05, 3.63) is 66.0 Å². The number of piperidine rings is 1. The number of pyridine rings is 1. The highest BCUT2D eigenvalue weighted by Gasteiger charge is 2.28. The minimum atomic E-state index is 0.132. The van der Waals surface area contributed by atoms with E-state index < -0.39 is 0 Å². The molecular weight excluding hydrogens is 248 g/mol. The molecule has 2 aromatic rings. The van der Waals surface area contributed by atoms with Crippen molar-refractivity contribution in [1.29, 1.82) is 0 Å². The molecule has 1 atom stereocenters. The third-order valence-corrected chi connectivity index (χ3v) is 3.88. The van der Waals surface area contributed by atoms with Crippen LogP contribution in [0.1, 0.15) is 41.2 Å². The molecule has 3 nitrogen and oxygen atoms in total. The van der Waals surface area contributed by atoms with Gasteiger partial charge in [-0.25, -0.2) is 0 Å². The van der Waals surface area contributed by atoms with Gasteiger partial charge in [-0.3, -0.25) is 9.78 Å². The number of aromatic nitrogens is 1. The molecule has 0 unspecified atom stereocenters. The number of carbonyl (C=O) groups is 1. The number of benzene rings is 1. The standard InChI is InChI=1S/C17H18N2O/c20-17(15-6-2-1-3-7-15)19-13-5-4-8-16(19)14-9-11-18-12-10-14/h1-3,6-7,9-12,16H,4-5,8,13H2/t16-/m1/s1.